The summed E-state index contributed by atoms with van der Waals surface area (Å²) >= 11 is 1.76. The quantitative estimate of drug-likeness (QED) is 0.738. The fraction of sp³-hybridized carbons (Fsp3) is 0.200. The van der Waals surface area contributed by atoms with Crippen LogP contribution in [-0.2, 0) is 12.8 Å². The van der Waals surface area contributed by atoms with Crippen molar-refractivity contribution in [2.24, 2.45) is 7.05 Å². The van der Waals surface area contributed by atoms with Crippen molar-refractivity contribution in [1.29, 1.82) is 0 Å². The smallest absolute Gasteiger partial charge is 0.276 e. The maximum Gasteiger partial charge on any atom is 0.276 e. The minimum absolute atomic E-state index is 0.155. The zero-order valence-corrected chi connectivity index (χ0v) is 15.3. The van der Waals surface area contributed by atoms with E-state index in [0.29, 0.717) is 5.69 Å². The van der Waals surface area contributed by atoms with Crippen LogP contribution < -0.4 is 5.32 Å². The number of thioether (sulfide) groups is 1. The van der Waals surface area contributed by atoms with E-state index in [-0.39, 0.29) is 5.91 Å². The molecule has 0 radical (unpaired) electrons. The molecule has 1 N–H and O–H groups in total. The van der Waals surface area contributed by atoms with Crippen LogP contribution in [0.3, 0.4) is 0 Å². The number of hydrogen-bond acceptors (Lipinski definition) is 3. The second kappa shape index (κ2) is 6.08. The molecule has 2 aromatic carbocycles. The highest BCUT2D eigenvalue weighted by Crippen LogP contribution is 2.42. The molecule has 4 nitrogen and oxygen atoms in total. The lowest BCUT2D eigenvalue weighted by molar-refractivity contribution is 0.102. The average molecular weight is 349 g/mol. The predicted octanol–water partition coefficient (Wildman–Crippen LogP) is 4.56. The molecule has 1 amide bonds. The summed E-state index contributed by atoms with van der Waals surface area (Å²) in [6, 6.07) is 14.2. The van der Waals surface area contributed by atoms with Crippen molar-refractivity contribution in [2.75, 3.05) is 5.32 Å². The number of aromatic nitrogens is 2. The second-order valence-electron chi connectivity index (χ2n) is 6.41. The van der Waals surface area contributed by atoms with Gasteiger partial charge in [-0.05, 0) is 38.1 Å². The Morgan fingerprint density at radius 2 is 1.84 bits per heavy atom. The topological polar surface area (TPSA) is 46.9 Å². The molecule has 0 saturated heterocycles. The van der Waals surface area contributed by atoms with E-state index >= 15 is 0 Å². The molecule has 126 valence electrons. The Morgan fingerprint density at radius 1 is 1.12 bits per heavy atom. The third-order valence-electron chi connectivity index (χ3n) is 4.43. The summed E-state index contributed by atoms with van der Waals surface area (Å²) in [5.74, 6) is 0.605. The highest BCUT2D eigenvalue weighted by molar-refractivity contribution is 7.98. The van der Waals surface area contributed by atoms with Crippen molar-refractivity contribution in [1.82, 2.24) is 9.78 Å². The lowest BCUT2D eigenvalue weighted by atomic mass is 10.0. The molecule has 0 fully saturated rings. The molecule has 4 rings (SSSR count). The number of aryl methyl sites for hydroxylation is 3. The highest BCUT2D eigenvalue weighted by Gasteiger charge is 2.27. The van der Waals surface area contributed by atoms with E-state index in [2.05, 4.69) is 35.5 Å². The summed E-state index contributed by atoms with van der Waals surface area (Å²) in [7, 11) is 1.91. The highest BCUT2D eigenvalue weighted by atomic mass is 32.2. The number of carbonyl (C=O) groups excluding carboxylic acids is 1. The summed E-state index contributed by atoms with van der Waals surface area (Å²) in [5, 5.41) is 7.49. The molecule has 3 aromatic rings. The van der Waals surface area contributed by atoms with Crippen LogP contribution in [-0.4, -0.2) is 15.7 Å². The van der Waals surface area contributed by atoms with E-state index in [1.807, 2.05) is 42.9 Å². The van der Waals surface area contributed by atoms with Gasteiger partial charge in [-0.2, -0.15) is 5.10 Å². The Labute approximate surface area is 151 Å². The van der Waals surface area contributed by atoms with Gasteiger partial charge >= 0.3 is 0 Å². The van der Waals surface area contributed by atoms with Crippen LogP contribution in [0.4, 0.5) is 5.69 Å². The maximum absolute atomic E-state index is 12.8. The van der Waals surface area contributed by atoms with Crippen LogP contribution in [0.1, 0.15) is 27.2 Å². The molecule has 0 spiro atoms. The number of nitrogens with zero attached hydrogens (tertiary/aromatic N) is 2. The standard InChI is InChI=1S/C20H19N3OS/c1-12-4-7-14(8-5-12)21-20(24)18-16-11-25-17-9-6-13(2)10-15(17)19(16)23(3)22-18/h4-10H,11H2,1-3H3,(H,21,24). The van der Waals surface area contributed by atoms with Gasteiger partial charge in [-0.3, -0.25) is 9.48 Å². The van der Waals surface area contributed by atoms with Gasteiger partial charge in [0.05, 0.1) is 5.69 Å². The molecule has 5 heteroatoms. The number of rotatable bonds is 2. The van der Waals surface area contributed by atoms with Crippen molar-refractivity contribution in [3.05, 3.63) is 64.8 Å². The summed E-state index contributed by atoms with van der Waals surface area (Å²) in [5.41, 5.74) is 6.89. The van der Waals surface area contributed by atoms with Crippen LogP contribution in [0.2, 0.25) is 0 Å². The first-order valence-corrected chi connectivity index (χ1v) is 9.19. The zero-order valence-electron chi connectivity index (χ0n) is 14.5. The third kappa shape index (κ3) is 2.85. The summed E-state index contributed by atoms with van der Waals surface area (Å²) in [6.07, 6.45) is 0. The van der Waals surface area contributed by atoms with Gasteiger partial charge in [0, 0.05) is 34.5 Å². The molecule has 1 aromatic heterocycles. The summed E-state index contributed by atoms with van der Waals surface area (Å²) in [6.45, 7) is 4.11. The fourth-order valence-electron chi connectivity index (χ4n) is 3.16. The number of benzene rings is 2. The first-order valence-electron chi connectivity index (χ1n) is 8.20. The molecule has 2 heterocycles. The van der Waals surface area contributed by atoms with Gasteiger partial charge in [0.25, 0.3) is 5.91 Å². The van der Waals surface area contributed by atoms with Crippen molar-refractivity contribution >= 4 is 23.4 Å². The van der Waals surface area contributed by atoms with E-state index in [0.717, 1.165) is 33.8 Å². The van der Waals surface area contributed by atoms with E-state index in [4.69, 9.17) is 0 Å². The van der Waals surface area contributed by atoms with E-state index < -0.39 is 0 Å². The number of nitrogens with one attached hydrogen (secondary N) is 1. The van der Waals surface area contributed by atoms with Gasteiger partial charge in [0.1, 0.15) is 0 Å². The summed E-state index contributed by atoms with van der Waals surface area (Å²) in [4.78, 5) is 14.0. The van der Waals surface area contributed by atoms with Crippen molar-refractivity contribution in [3.63, 3.8) is 0 Å². The molecular formula is C20H19N3OS. The number of hydrogen-bond donors (Lipinski definition) is 1. The molecule has 1 aliphatic rings. The Balaban J connectivity index is 1.72. The van der Waals surface area contributed by atoms with Gasteiger partial charge in [0.2, 0.25) is 0 Å². The lowest BCUT2D eigenvalue weighted by Gasteiger charge is -2.17. The minimum Gasteiger partial charge on any atom is -0.321 e. The summed E-state index contributed by atoms with van der Waals surface area (Å²) < 4.78 is 1.83. The zero-order chi connectivity index (χ0) is 17.6. The van der Waals surface area contributed by atoms with Crippen molar-refractivity contribution in [3.8, 4) is 11.3 Å². The van der Waals surface area contributed by atoms with Gasteiger partial charge < -0.3 is 5.32 Å². The first kappa shape index (κ1) is 16.0. The molecule has 0 bridgehead atoms. The molecule has 0 saturated carbocycles. The number of fused-ring (bicyclic) bond motifs is 3. The first-order chi connectivity index (χ1) is 12.0. The number of amides is 1. The second-order valence-corrected chi connectivity index (χ2v) is 7.42. The monoisotopic (exact) mass is 349 g/mol. The molecule has 1 aliphatic heterocycles. The van der Waals surface area contributed by atoms with Gasteiger partial charge in [-0.25, -0.2) is 0 Å². The maximum atomic E-state index is 12.8. The Kier molecular flexibility index (Phi) is 3.88. The Morgan fingerprint density at radius 3 is 2.60 bits per heavy atom. The van der Waals surface area contributed by atoms with Crippen LogP contribution >= 0.6 is 11.8 Å². The van der Waals surface area contributed by atoms with E-state index in [9.17, 15) is 4.79 Å². The number of anilines is 1. The van der Waals surface area contributed by atoms with Crippen LogP contribution in [0.5, 0.6) is 0 Å². The molecular weight excluding hydrogens is 330 g/mol. The SMILES string of the molecule is Cc1ccc(NC(=O)c2nn(C)c3c2CSc2ccc(C)cc2-3)cc1. The molecule has 0 unspecified atom stereocenters. The minimum atomic E-state index is -0.155. The van der Waals surface area contributed by atoms with Crippen molar-refractivity contribution in [2.45, 2.75) is 24.5 Å². The molecule has 25 heavy (non-hydrogen) atoms. The average Bonchev–Trinajstić information content (AvgIpc) is 2.94. The largest absolute Gasteiger partial charge is 0.321 e. The van der Waals surface area contributed by atoms with Gasteiger partial charge in [-0.15, -0.1) is 11.8 Å². The van der Waals surface area contributed by atoms with Gasteiger partial charge in [0.15, 0.2) is 5.69 Å². The van der Waals surface area contributed by atoms with E-state index in [1.54, 1.807) is 11.8 Å². The fourth-order valence-corrected chi connectivity index (χ4v) is 4.20. The van der Waals surface area contributed by atoms with Gasteiger partial charge in [-0.1, -0.05) is 29.3 Å². The lowest BCUT2D eigenvalue weighted by Crippen LogP contribution is -2.15. The van der Waals surface area contributed by atoms with Crippen molar-refractivity contribution < 1.29 is 4.79 Å². The normalized spacial score (nSPS) is 12.4. The van der Waals surface area contributed by atoms with Crippen LogP contribution in [0.25, 0.3) is 11.3 Å². The Hall–Kier alpha value is -2.53. The third-order valence-corrected chi connectivity index (χ3v) is 5.53. The van der Waals surface area contributed by atoms with Crippen LogP contribution in [0.15, 0.2) is 47.4 Å². The van der Waals surface area contributed by atoms with Crippen LogP contribution in [0, 0.1) is 13.8 Å². The predicted molar refractivity (Wildman–Crippen MR) is 102 cm³/mol. The molecule has 0 aliphatic carbocycles. The Bertz CT molecular complexity index is 973. The van der Waals surface area contributed by atoms with E-state index in [1.165, 1.54) is 10.5 Å². The number of carbonyl (C=O) groups is 1. The molecule has 0 atom stereocenters.